The van der Waals surface area contributed by atoms with Crippen molar-refractivity contribution in [2.45, 2.75) is 11.5 Å². The van der Waals surface area contributed by atoms with Crippen molar-refractivity contribution >= 4 is 39.1 Å². The van der Waals surface area contributed by atoms with E-state index in [-0.39, 0.29) is 33.6 Å². The molecule has 0 spiro atoms. The molecule has 1 amide bonds. The molecule has 29 heavy (non-hydrogen) atoms. The molecule has 7 nitrogen and oxygen atoms in total. The monoisotopic (exact) mass is 432 g/mol. The number of rotatable bonds is 6. The molecule has 0 aliphatic heterocycles. The normalized spacial score (nSPS) is 10.9. The lowest BCUT2D eigenvalue weighted by molar-refractivity contribution is 0.155. The maximum atomic E-state index is 12.6. The summed E-state index contributed by atoms with van der Waals surface area (Å²) < 4.78 is 32.7. The van der Waals surface area contributed by atoms with E-state index in [9.17, 15) is 18.3 Å². The van der Waals surface area contributed by atoms with Crippen LogP contribution >= 0.6 is 11.6 Å². The van der Waals surface area contributed by atoms with Crippen LogP contribution in [0.15, 0.2) is 77.7 Å². The number of amides is 1. The number of hydrogen-bond acceptors (Lipinski definition) is 5. The fourth-order valence-electron chi connectivity index (χ4n) is 2.40. The number of hydrogen-bond donors (Lipinski definition) is 3. The van der Waals surface area contributed by atoms with Crippen LogP contribution < -0.4 is 10.0 Å². The standard InChI is InChI=1S/C20H17ClN2O5S/c21-16-8-4-5-9-17(16)23-29(26,27)15-10-11-19(24)18(12-15)22-20(25)28-13-14-6-2-1-3-7-14/h1-12,23-24H,13H2,(H,22,25). The average Bonchev–Trinajstić information content (AvgIpc) is 2.70. The Labute approximate surface area is 173 Å². The van der Waals surface area contributed by atoms with Gasteiger partial charge in [-0.15, -0.1) is 0 Å². The average molecular weight is 433 g/mol. The maximum Gasteiger partial charge on any atom is 0.412 e. The van der Waals surface area contributed by atoms with E-state index < -0.39 is 16.1 Å². The first-order valence-electron chi connectivity index (χ1n) is 8.43. The molecular weight excluding hydrogens is 416 g/mol. The molecule has 3 aromatic carbocycles. The Kier molecular flexibility index (Phi) is 6.26. The molecule has 0 saturated heterocycles. The van der Waals surface area contributed by atoms with Gasteiger partial charge in [-0.1, -0.05) is 54.1 Å². The highest BCUT2D eigenvalue weighted by molar-refractivity contribution is 7.92. The Morgan fingerprint density at radius 3 is 2.38 bits per heavy atom. The number of sulfonamides is 1. The fraction of sp³-hybridized carbons (Fsp3) is 0.0500. The number of halogens is 1. The molecule has 0 saturated carbocycles. The first-order valence-corrected chi connectivity index (χ1v) is 10.3. The Balaban J connectivity index is 1.73. The third-order valence-electron chi connectivity index (χ3n) is 3.85. The van der Waals surface area contributed by atoms with Gasteiger partial charge in [0.05, 0.1) is 21.3 Å². The Bertz CT molecular complexity index is 1120. The molecule has 0 aliphatic carbocycles. The van der Waals surface area contributed by atoms with Crippen molar-refractivity contribution < 1.29 is 23.1 Å². The number of nitrogens with one attached hydrogen (secondary N) is 2. The van der Waals surface area contributed by atoms with Gasteiger partial charge >= 0.3 is 6.09 Å². The summed E-state index contributed by atoms with van der Waals surface area (Å²) in [6, 6.07) is 18.9. The van der Waals surface area contributed by atoms with Crippen LogP contribution in [0.1, 0.15) is 5.56 Å². The van der Waals surface area contributed by atoms with Gasteiger partial charge in [0.1, 0.15) is 12.4 Å². The highest BCUT2D eigenvalue weighted by Gasteiger charge is 2.18. The third-order valence-corrected chi connectivity index (χ3v) is 5.54. The van der Waals surface area contributed by atoms with E-state index in [2.05, 4.69) is 10.0 Å². The van der Waals surface area contributed by atoms with Crippen molar-refractivity contribution in [3.63, 3.8) is 0 Å². The van der Waals surface area contributed by atoms with Gasteiger partial charge < -0.3 is 9.84 Å². The van der Waals surface area contributed by atoms with Crippen molar-refractivity contribution in [3.8, 4) is 5.75 Å². The van der Waals surface area contributed by atoms with Crippen LogP contribution in [-0.4, -0.2) is 19.6 Å². The summed E-state index contributed by atoms with van der Waals surface area (Å²) in [7, 11) is -4.00. The summed E-state index contributed by atoms with van der Waals surface area (Å²) in [6.07, 6.45) is -0.835. The van der Waals surface area contributed by atoms with Gasteiger partial charge in [-0.25, -0.2) is 13.2 Å². The molecule has 3 aromatic rings. The van der Waals surface area contributed by atoms with Crippen LogP contribution in [0.2, 0.25) is 5.02 Å². The quantitative estimate of drug-likeness (QED) is 0.494. The zero-order chi connectivity index (χ0) is 20.9. The summed E-state index contributed by atoms with van der Waals surface area (Å²) in [5.74, 6) is -0.307. The largest absolute Gasteiger partial charge is 0.506 e. The van der Waals surface area contributed by atoms with E-state index in [1.807, 2.05) is 18.2 Å². The molecule has 0 radical (unpaired) electrons. The number of phenols is 1. The molecule has 3 N–H and O–H groups in total. The molecule has 0 fully saturated rings. The van der Waals surface area contributed by atoms with Crippen LogP contribution in [0.5, 0.6) is 5.75 Å². The number of phenolic OH excluding ortho intramolecular Hbond substituents is 1. The van der Waals surface area contributed by atoms with Crippen molar-refractivity contribution in [2.24, 2.45) is 0 Å². The highest BCUT2D eigenvalue weighted by atomic mass is 35.5. The van der Waals surface area contributed by atoms with Gasteiger partial charge in [0, 0.05) is 0 Å². The summed E-state index contributed by atoms with van der Waals surface area (Å²) in [5, 5.41) is 12.5. The maximum absolute atomic E-state index is 12.6. The smallest absolute Gasteiger partial charge is 0.412 e. The van der Waals surface area contributed by atoms with Crippen molar-refractivity contribution in [2.75, 3.05) is 10.0 Å². The molecule has 3 rings (SSSR count). The lowest BCUT2D eigenvalue weighted by Gasteiger charge is -2.12. The van der Waals surface area contributed by atoms with Crippen molar-refractivity contribution in [1.82, 2.24) is 0 Å². The van der Waals surface area contributed by atoms with Crippen LogP contribution in [0, 0.1) is 0 Å². The SMILES string of the molecule is O=C(Nc1cc(S(=O)(=O)Nc2ccccc2Cl)ccc1O)OCc1ccccc1. The highest BCUT2D eigenvalue weighted by Crippen LogP contribution is 2.29. The first kappa shape index (κ1) is 20.5. The second-order valence-corrected chi connectivity index (χ2v) is 8.04. The number of carbonyl (C=O) groups is 1. The molecule has 9 heteroatoms. The van der Waals surface area contributed by atoms with E-state index in [1.54, 1.807) is 30.3 Å². The summed E-state index contributed by atoms with van der Waals surface area (Å²) >= 11 is 5.99. The lowest BCUT2D eigenvalue weighted by atomic mass is 10.2. The molecule has 0 bridgehead atoms. The Hall–Kier alpha value is -3.23. The summed E-state index contributed by atoms with van der Waals surface area (Å²) in [5.41, 5.74) is 0.885. The first-order chi connectivity index (χ1) is 13.8. The second kappa shape index (κ2) is 8.85. The molecule has 0 unspecified atom stereocenters. The fourth-order valence-corrected chi connectivity index (χ4v) is 3.74. The van der Waals surface area contributed by atoms with E-state index in [1.165, 1.54) is 12.1 Å². The van der Waals surface area contributed by atoms with Crippen molar-refractivity contribution in [3.05, 3.63) is 83.4 Å². The van der Waals surface area contributed by atoms with E-state index in [0.29, 0.717) is 0 Å². The molecular formula is C20H17ClN2O5S. The number of benzene rings is 3. The van der Waals surface area contributed by atoms with E-state index >= 15 is 0 Å². The topological polar surface area (TPSA) is 105 Å². The van der Waals surface area contributed by atoms with Crippen molar-refractivity contribution in [1.29, 1.82) is 0 Å². The summed E-state index contributed by atoms with van der Waals surface area (Å²) in [6.45, 7) is 0.0273. The minimum absolute atomic E-state index is 0.0273. The van der Waals surface area contributed by atoms with E-state index in [0.717, 1.165) is 17.7 Å². The zero-order valence-corrected chi connectivity index (χ0v) is 16.6. The number of aromatic hydroxyl groups is 1. The lowest BCUT2D eigenvalue weighted by Crippen LogP contribution is -2.16. The number of ether oxygens (including phenoxy) is 1. The zero-order valence-electron chi connectivity index (χ0n) is 15.0. The van der Waals surface area contributed by atoms with Gasteiger partial charge in [0.2, 0.25) is 0 Å². The van der Waals surface area contributed by atoms with Gasteiger partial charge in [-0.3, -0.25) is 10.0 Å². The molecule has 0 aliphatic rings. The molecule has 0 heterocycles. The van der Waals surface area contributed by atoms with Gasteiger partial charge in [0.25, 0.3) is 10.0 Å². The van der Waals surface area contributed by atoms with Crippen LogP contribution in [-0.2, 0) is 21.4 Å². The Morgan fingerprint density at radius 2 is 1.66 bits per heavy atom. The number of para-hydroxylation sites is 1. The predicted molar refractivity (Wildman–Crippen MR) is 111 cm³/mol. The van der Waals surface area contributed by atoms with Crippen LogP contribution in [0.3, 0.4) is 0 Å². The second-order valence-electron chi connectivity index (χ2n) is 5.95. The van der Waals surface area contributed by atoms with Gasteiger partial charge in [-0.2, -0.15) is 0 Å². The summed E-state index contributed by atoms with van der Waals surface area (Å²) in [4.78, 5) is 11.8. The Morgan fingerprint density at radius 1 is 0.966 bits per heavy atom. The minimum Gasteiger partial charge on any atom is -0.506 e. The molecule has 150 valence electrons. The number of anilines is 2. The van der Waals surface area contributed by atoms with Crippen LogP contribution in [0.25, 0.3) is 0 Å². The minimum atomic E-state index is -4.00. The third kappa shape index (κ3) is 5.40. The van der Waals surface area contributed by atoms with E-state index in [4.69, 9.17) is 16.3 Å². The molecule has 0 aromatic heterocycles. The number of carbonyl (C=O) groups excluding carboxylic acids is 1. The molecule has 0 atom stereocenters. The van der Waals surface area contributed by atoms with Gasteiger partial charge in [-0.05, 0) is 35.9 Å². The predicted octanol–water partition coefficient (Wildman–Crippen LogP) is 4.60. The van der Waals surface area contributed by atoms with Crippen LogP contribution in [0.4, 0.5) is 16.2 Å². The van der Waals surface area contributed by atoms with Gasteiger partial charge in [0.15, 0.2) is 0 Å².